The quantitative estimate of drug-likeness (QED) is 0.383. The number of ether oxygens (including phenoxy) is 2. The standard InChI is InChI=1S/C23H36O4/c1-15(2)19-11-12-23(6,26-14-24)21-9-7-16(3)8-10-22(27-18(5)25)17(4)13-20(19)21/h8,13-15,19-22H,7,9-12H2,1-6H3/b16-8+,17-13-/t19-,20+,21+,22-,23-/m0/s1. The zero-order valence-electron chi connectivity index (χ0n) is 17.8. The van der Waals surface area contributed by atoms with Crippen LogP contribution in [0.4, 0.5) is 0 Å². The molecule has 2 aliphatic carbocycles. The first-order chi connectivity index (χ1) is 12.7. The van der Waals surface area contributed by atoms with Gasteiger partial charge in [0.05, 0.1) is 0 Å². The molecule has 0 aromatic rings. The summed E-state index contributed by atoms with van der Waals surface area (Å²) in [4.78, 5) is 22.8. The number of carbonyl (C=O) groups is 2. The highest BCUT2D eigenvalue weighted by Gasteiger charge is 2.47. The Labute approximate surface area is 164 Å². The van der Waals surface area contributed by atoms with E-state index in [0.717, 1.165) is 37.7 Å². The second-order valence-corrected chi connectivity index (χ2v) is 8.99. The molecular formula is C23H36O4. The molecule has 0 aliphatic heterocycles. The summed E-state index contributed by atoms with van der Waals surface area (Å²) in [5.74, 6) is 1.42. The van der Waals surface area contributed by atoms with Gasteiger partial charge in [-0.05, 0) is 69.8 Å². The first kappa shape index (κ1) is 21.7. The highest BCUT2D eigenvalue weighted by Crippen LogP contribution is 2.49. The van der Waals surface area contributed by atoms with Gasteiger partial charge >= 0.3 is 5.97 Å². The van der Waals surface area contributed by atoms with Crippen LogP contribution in [0.25, 0.3) is 0 Å². The summed E-state index contributed by atoms with van der Waals surface area (Å²) < 4.78 is 11.3. The Bertz CT molecular complexity index is 603. The fraction of sp³-hybridized carbons (Fsp3) is 0.739. The lowest BCUT2D eigenvalue weighted by molar-refractivity contribution is -0.159. The number of hydrogen-bond donors (Lipinski definition) is 0. The Morgan fingerprint density at radius 3 is 2.59 bits per heavy atom. The predicted molar refractivity (Wildman–Crippen MR) is 107 cm³/mol. The van der Waals surface area contributed by atoms with Gasteiger partial charge in [-0.15, -0.1) is 0 Å². The van der Waals surface area contributed by atoms with E-state index in [1.54, 1.807) is 0 Å². The van der Waals surface area contributed by atoms with E-state index in [-0.39, 0.29) is 18.0 Å². The van der Waals surface area contributed by atoms with E-state index in [2.05, 4.69) is 46.8 Å². The molecule has 152 valence electrons. The molecule has 0 N–H and O–H groups in total. The highest BCUT2D eigenvalue weighted by atomic mass is 16.5. The van der Waals surface area contributed by atoms with Gasteiger partial charge in [-0.1, -0.05) is 31.6 Å². The Kier molecular flexibility index (Phi) is 7.30. The van der Waals surface area contributed by atoms with Crippen molar-refractivity contribution < 1.29 is 19.1 Å². The molecule has 0 bridgehead atoms. The van der Waals surface area contributed by atoms with Crippen LogP contribution in [0.5, 0.6) is 0 Å². The van der Waals surface area contributed by atoms with Crippen molar-refractivity contribution in [2.24, 2.45) is 23.7 Å². The summed E-state index contributed by atoms with van der Waals surface area (Å²) in [6.07, 6.45) is 8.93. The summed E-state index contributed by atoms with van der Waals surface area (Å²) >= 11 is 0. The molecule has 0 unspecified atom stereocenters. The van der Waals surface area contributed by atoms with E-state index in [0.29, 0.717) is 24.2 Å². The van der Waals surface area contributed by atoms with Crippen LogP contribution in [0, 0.1) is 23.7 Å². The Hall–Kier alpha value is -1.58. The van der Waals surface area contributed by atoms with Crippen molar-refractivity contribution in [1.29, 1.82) is 0 Å². The molecule has 0 heterocycles. The van der Waals surface area contributed by atoms with Crippen molar-refractivity contribution in [2.45, 2.75) is 85.4 Å². The molecule has 2 rings (SSSR count). The molecule has 4 nitrogen and oxygen atoms in total. The van der Waals surface area contributed by atoms with Crippen molar-refractivity contribution in [3.63, 3.8) is 0 Å². The number of fused-ring (bicyclic) bond motifs is 1. The first-order valence-electron chi connectivity index (χ1n) is 10.3. The van der Waals surface area contributed by atoms with Gasteiger partial charge in [-0.2, -0.15) is 0 Å². The maximum absolute atomic E-state index is 11.6. The van der Waals surface area contributed by atoms with Crippen LogP contribution in [-0.4, -0.2) is 24.1 Å². The Balaban J connectivity index is 2.49. The number of rotatable bonds is 4. The minimum atomic E-state index is -0.439. The first-order valence-corrected chi connectivity index (χ1v) is 10.3. The molecule has 27 heavy (non-hydrogen) atoms. The van der Waals surface area contributed by atoms with Crippen molar-refractivity contribution in [3.8, 4) is 0 Å². The molecule has 0 saturated heterocycles. The van der Waals surface area contributed by atoms with Gasteiger partial charge in [0.15, 0.2) is 0 Å². The summed E-state index contributed by atoms with van der Waals surface area (Å²) in [6, 6.07) is 0. The van der Waals surface area contributed by atoms with E-state index < -0.39 is 5.60 Å². The summed E-state index contributed by atoms with van der Waals surface area (Å²) in [6.45, 7) is 12.9. The Morgan fingerprint density at radius 2 is 2.00 bits per heavy atom. The molecule has 0 radical (unpaired) electrons. The summed E-state index contributed by atoms with van der Waals surface area (Å²) in [5, 5.41) is 0. The van der Waals surface area contributed by atoms with Crippen LogP contribution in [0.2, 0.25) is 0 Å². The topological polar surface area (TPSA) is 52.6 Å². The minimum absolute atomic E-state index is 0.218. The second-order valence-electron chi connectivity index (χ2n) is 8.99. The van der Waals surface area contributed by atoms with Gasteiger partial charge < -0.3 is 9.47 Å². The number of allylic oxidation sites excluding steroid dienone is 2. The Morgan fingerprint density at radius 1 is 1.30 bits per heavy atom. The third kappa shape index (κ3) is 5.24. The van der Waals surface area contributed by atoms with E-state index in [9.17, 15) is 9.59 Å². The average Bonchev–Trinajstić information content (AvgIpc) is 2.57. The van der Waals surface area contributed by atoms with Crippen molar-refractivity contribution >= 4 is 12.4 Å². The van der Waals surface area contributed by atoms with Crippen molar-refractivity contribution in [2.75, 3.05) is 0 Å². The lowest BCUT2D eigenvalue weighted by Crippen LogP contribution is -2.49. The summed E-state index contributed by atoms with van der Waals surface area (Å²) in [5.41, 5.74) is 1.97. The van der Waals surface area contributed by atoms with Crippen LogP contribution in [0.15, 0.2) is 23.3 Å². The largest absolute Gasteiger partial charge is 0.461 e. The average molecular weight is 377 g/mol. The zero-order chi connectivity index (χ0) is 20.2. The fourth-order valence-corrected chi connectivity index (χ4v) is 5.04. The van der Waals surface area contributed by atoms with E-state index >= 15 is 0 Å². The van der Waals surface area contributed by atoms with Crippen molar-refractivity contribution in [3.05, 3.63) is 23.3 Å². The molecular weight excluding hydrogens is 340 g/mol. The van der Waals surface area contributed by atoms with E-state index in [1.165, 1.54) is 12.5 Å². The molecule has 0 aromatic carbocycles. The molecule has 4 heteroatoms. The van der Waals surface area contributed by atoms with Gasteiger partial charge in [0, 0.05) is 19.3 Å². The maximum Gasteiger partial charge on any atom is 0.303 e. The van der Waals surface area contributed by atoms with Gasteiger partial charge in [0.2, 0.25) is 0 Å². The molecule has 0 aromatic heterocycles. The number of carbonyl (C=O) groups excluding carboxylic acids is 2. The molecule has 0 spiro atoms. The number of hydrogen-bond acceptors (Lipinski definition) is 4. The predicted octanol–water partition coefficient (Wildman–Crippen LogP) is 5.22. The van der Waals surface area contributed by atoms with Crippen molar-refractivity contribution in [1.82, 2.24) is 0 Å². The van der Waals surface area contributed by atoms with Crippen LogP contribution in [0.3, 0.4) is 0 Å². The monoisotopic (exact) mass is 376 g/mol. The van der Waals surface area contributed by atoms with E-state index in [4.69, 9.17) is 9.47 Å². The van der Waals surface area contributed by atoms with Crippen LogP contribution < -0.4 is 0 Å². The van der Waals surface area contributed by atoms with Gasteiger partial charge in [0.25, 0.3) is 6.47 Å². The number of esters is 1. The smallest absolute Gasteiger partial charge is 0.303 e. The summed E-state index contributed by atoms with van der Waals surface area (Å²) in [7, 11) is 0. The lowest BCUT2D eigenvalue weighted by atomic mass is 9.60. The van der Waals surface area contributed by atoms with Crippen LogP contribution in [-0.2, 0) is 19.1 Å². The fourth-order valence-electron chi connectivity index (χ4n) is 5.04. The SMILES string of the molecule is CC(=O)O[C@H]1C/C=C(\C)CC[C@@H]2[C@H](/C=C\1C)[C@H](C(C)C)CC[C@]2(C)OC=O. The maximum atomic E-state index is 11.6. The van der Waals surface area contributed by atoms with E-state index in [1.807, 2.05) is 0 Å². The van der Waals surface area contributed by atoms with Gasteiger partial charge in [0.1, 0.15) is 11.7 Å². The normalized spacial score (nSPS) is 38.6. The molecule has 2 aliphatic rings. The van der Waals surface area contributed by atoms with Crippen LogP contribution in [0.1, 0.15) is 73.6 Å². The third-order valence-electron chi connectivity index (χ3n) is 6.69. The van der Waals surface area contributed by atoms with Gasteiger partial charge in [-0.25, -0.2) is 0 Å². The lowest BCUT2D eigenvalue weighted by Gasteiger charge is -2.49. The molecule has 1 fully saturated rings. The van der Waals surface area contributed by atoms with Gasteiger partial charge in [-0.3, -0.25) is 9.59 Å². The highest BCUT2D eigenvalue weighted by molar-refractivity contribution is 5.66. The van der Waals surface area contributed by atoms with Crippen LogP contribution >= 0.6 is 0 Å². The molecule has 1 saturated carbocycles. The molecule has 5 atom stereocenters. The second kappa shape index (κ2) is 9.07. The zero-order valence-corrected chi connectivity index (χ0v) is 17.8. The molecule has 0 amide bonds. The minimum Gasteiger partial charge on any atom is -0.461 e. The third-order valence-corrected chi connectivity index (χ3v) is 6.69.